The molecule has 2 bridgehead atoms. The average molecular weight is 699 g/mol. The van der Waals surface area contributed by atoms with E-state index in [0.717, 1.165) is 25.9 Å². The summed E-state index contributed by atoms with van der Waals surface area (Å²) in [5.41, 5.74) is 1.97. The lowest BCUT2D eigenvalue weighted by atomic mass is 9.86. The Morgan fingerprint density at radius 2 is 1.77 bits per heavy atom. The fourth-order valence-corrected chi connectivity index (χ4v) is 6.65. The minimum atomic E-state index is -0.870. The van der Waals surface area contributed by atoms with Crippen LogP contribution in [-0.2, 0) is 22.4 Å². The van der Waals surface area contributed by atoms with Crippen LogP contribution >= 0.6 is 23.2 Å². The molecule has 2 atom stereocenters. The molecule has 3 fully saturated rings. The summed E-state index contributed by atoms with van der Waals surface area (Å²) in [4.78, 5) is 30.5. The van der Waals surface area contributed by atoms with Gasteiger partial charge in [0, 0.05) is 18.5 Å². The van der Waals surface area contributed by atoms with Crippen LogP contribution in [0.4, 0.5) is 10.7 Å². The summed E-state index contributed by atoms with van der Waals surface area (Å²) < 4.78 is 23.3. The minimum Gasteiger partial charge on any atom is -0.619 e. The first-order chi connectivity index (χ1) is 23.2. The number of anilines is 1. The van der Waals surface area contributed by atoms with E-state index in [1.54, 1.807) is 42.5 Å². The second-order valence-electron chi connectivity index (χ2n) is 11.6. The number of rotatable bonds is 11. The van der Waals surface area contributed by atoms with Crippen LogP contribution in [0.3, 0.4) is 0 Å². The Morgan fingerprint density at radius 3 is 2.38 bits per heavy atom. The Morgan fingerprint density at radius 1 is 1.06 bits per heavy atom. The van der Waals surface area contributed by atoms with E-state index in [4.69, 9.17) is 42.1 Å². The van der Waals surface area contributed by atoms with Crippen molar-refractivity contribution in [3.8, 4) is 11.5 Å². The number of carbonyl (C=O) groups excluding carboxylic acids is 2. The van der Waals surface area contributed by atoms with Gasteiger partial charge >= 0.3 is 12.1 Å². The van der Waals surface area contributed by atoms with Gasteiger partial charge in [0.05, 0.1) is 26.3 Å². The number of esters is 1. The van der Waals surface area contributed by atoms with Crippen LogP contribution in [0.5, 0.6) is 11.5 Å². The fourth-order valence-electron chi connectivity index (χ4n) is 6.05. The molecule has 3 saturated heterocycles. The standard InChI is InChI=1S/C32H33Cl2N7O7/c1-45-26-8-7-22(13-28(26)46-2)27(14-23-24(33)16-40(44)17-25(23)34)47-30(42)21-5-3-19(4-6-21)15-41(31-35-37-38-36-31)32(43)48-29-18-39-11-9-20(29)10-12-39/h3-8,13,16-17,20,27,29H,9-12,14-15,18H2,1-2H3,(H,35,36,37,38)/t27-,29-/m0/s1. The van der Waals surface area contributed by atoms with Crippen molar-refractivity contribution in [3.63, 3.8) is 0 Å². The third-order valence-electron chi connectivity index (χ3n) is 8.66. The Kier molecular flexibility index (Phi) is 10.1. The Labute approximate surface area is 286 Å². The van der Waals surface area contributed by atoms with Gasteiger partial charge in [-0.2, -0.15) is 4.73 Å². The van der Waals surface area contributed by atoms with Gasteiger partial charge in [0.1, 0.15) is 22.3 Å². The second-order valence-corrected chi connectivity index (χ2v) is 12.4. The first-order valence-electron chi connectivity index (χ1n) is 15.2. The van der Waals surface area contributed by atoms with Gasteiger partial charge in [-0.1, -0.05) is 46.5 Å². The third kappa shape index (κ3) is 7.40. The van der Waals surface area contributed by atoms with Crippen LogP contribution in [0.2, 0.25) is 10.0 Å². The van der Waals surface area contributed by atoms with Crippen LogP contribution in [-0.4, -0.2) is 77.5 Å². The van der Waals surface area contributed by atoms with Gasteiger partial charge in [-0.3, -0.25) is 4.90 Å². The molecule has 7 rings (SSSR count). The molecule has 5 heterocycles. The maximum Gasteiger partial charge on any atom is 0.417 e. The molecule has 2 aromatic heterocycles. The van der Waals surface area contributed by atoms with Crippen LogP contribution in [0, 0.1) is 11.1 Å². The molecule has 1 amide bonds. The zero-order valence-electron chi connectivity index (χ0n) is 26.2. The number of aromatic nitrogens is 5. The van der Waals surface area contributed by atoms with Crippen molar-refractivity contribution in [1.82, 2.24) is 25.5 Å². The summed E-state index contributed by atoms with van der Waals surface area (Å²) in [5, 5.41) is 25.9. The lowest BCUT2D eigenvalue weighted by Crippen LogP contribution is -2.53. The average Bonchev–Trinajstić information content (AvgIpc) is 3.63. The van der Waals surface area contributed by atoms with Crippen LogP contribution in [0.1, 0.15) is 46.0 Å². The normalized spacial score (nSPS) is 19.0. The number of benzene rings is 2. The van der Waals surface area contributed by atoms with E-state index >= 15 is 0 Å². The molecule has 0 aliphatic carbocycles. The van der Waals surface area contributed by atoms with Gasteiger partial charge in [0.25, 0.3) is 5.95 Å². The highest BCUT2D eigenvalue weighted by Crippen LogP contribution is 2.36. The SMILES string of the molecule is COc1ccc([C@H](Cc2c(Cl)c[n+]([O-])cc2Cl)OC(=O)c2ccc(CN(C(=O)O[C@H]3CN4CCC3CC4)c3nnn[nH]3)cc2)cc1OC. The van der Waals surface area contributed by atoms with Crippen molar-refractivity contribution in [2.45, 2.75) is 38.0 Å². The molecule has 1 N–H and O–H groups in total. The molecule has 4 aromatic rings. The van der Waals surface area contributed by atoms with Crippen molar-refractivity contribution in [3.05, 3.63) is 92.4 Å². The third-order valence-corrected chi connectivity index (χ3v) is 9.32. The van der Waals surface area contributed by atoms with Gasteiger partial charge in [-0.05, 0) is 77.7 Å². The van der Waals surface area contributed by atoms with E-state index in [-0.39, 0.29) is 40.6 Å². The number of amides is 1. The number of halogens is 2. The van der Waals surface area contributed by atoms with E-state index in [1.807, 2.05) is 0 Å². The molecule has 2 aromatic carbocycles. The molecule has 48 heavy (non-hydrogen) atoms. The van der Waals surface area contributed by atoms with E-state index < -0.39 is 18.2 Å². The van der Waals surface area contributed by atoms with Gasteiger partial charge in [-0.15, -0.1) is 0 Å². The zero-order valence-corrected chi connectivity index (χ0v) is 27.7. The molecule has 0 radical (unpaired) electrons. The van der Waals surface area contributed by atoms with Gasteiger partial charge in [0.15, 0.2) is 23.9 Å². The van der Waals surface area contributed by atoms with E-state index in [9.17, 15) is 14.8 Å². The van der Waals surface area contributed by atoms with Crippen molar-refractivity contribution >= 4 is 41.2 Å². The molecule has 3 aliphatic rings. The summed E-state index contributed by atoms with van der Waals surface area (Å²) in [6, 6.07) is 11.7. The smallest absolute Gasteiger partial charge is 0.417 e. The highest BCUT2D eigenvalue weighted by Gasteiger charge is 2.38. The summed E-state index contributed by atoms with van der Waals surface area (Å²) in [7, 11) is 3.02. The van der Waals surface area contributed by atoms with E-state index in [1.165, 1.54) is 31.5 Å². The van der Waals surface area contributed by atoms with Crippen molar-refractivity contribution in [2.24, 2.45) is 5.92 Å². The molecule has 0 spiro atoms. The molecular weight excluding hydrogens is 665 g/mol. The van der Waals surface area contributed by atoms with Gasteiger partial charge in [0.2, 0.25) is 0 Å². The molecule has 0 saturated carbocycles. The molecular formula is C32H33Cl2N7O7. The molecule has 14 nitrogen and oxygen atoms in total. The molecule has 3 aliphatic heterocycles. The number of fused-ring (bicyclic) bond motifs is 3. The van der Waals surface area contributed by atoms with Crippen molar-refractivity contribution in [1.29, 1.82) is 0 Å². The molecule has 252 valence electrons. The van der Waals surface area contributed by atoms with Gasteiger partial charge in [-0.25, -0.2) is 19.6 Å². The van der Waals surface area contributed by atoms with Crippen molar-refractivity contribution in [2.75, 3.05) is 38.8 Å². The molecule has 0 unspecified atom stereocenters. The first kappa shape index (κ1) is 33.2. The lowest BCUT2D eigenvalue weighted by Gasteiger charge is -2.44. The number of ether oxygens (including phenoxy) is 4. The number of hydrogen-bond acceptors (Lipinski definition) is 11. The van der Waals surface area contributed by atoms with Crippen LogP contribution in [0.15, 0.2) is 54.9 Å². The Balaban J connectivity index is 1.19. The van der Waals surface area contributed by atoms with Crippen molar-refractivity contribution < 1.29 is 33.3 Å². The highest BCUT2D eigenvalue weighted by atomic mass is 35.5. The highest BCUT2D eigenvalue weighted by molar-refractivity contribution is 6.35. The number of nitrogens with zero attached hydrogens (tertiary/aromatic N) is 6. The number of H-pyrrole nitrogens is 1. The number of nitrogens with one attached hydrogen (secondary N) is 1. The van der Waals surface area contributed by atoms with E-state index in [2.05, 4.69) is 25.5 Å². The summed E-state index contributed by atoms with van der Waals surface area (Å²) in [6.45, 7) is 2.84. The maximum absolute atomic E-state index is 13.5. The maximum atomic E-state index is 13.5. The number of pyridine rings is 1. The van der Waals surface area contributed by atoms with Gasteiger partial charge < -0.3 is 24.2 Å². The monoisotopic (exact) mass is 697 g/mol. The largest absolute Gasteiger partial charge is 0.619 e. The number of methoxy groups -OCH3 is 2. The first-order valence-corrected chi connectivity index (χ1v) is 16.0. The van der Waals surface area contributed by atoms with E-state index in [0.29, 0.717) is 45.4 Å². The number of tetrazole rings is 1. The topological polar surface area (TPSA) is 159 Å². The predicted octanol–water partition coefficient (Wildman–Crippen LogP) is 4.54. The summed E-state index contributed by atoms with van der Waals surface area (Å²) >= 11 is 12.7. The van der Waals surface area contributed by atoms with Crippen LogP contribution < -0.4 is 19.1 Å². The lowest BCUT2D eigenvalue weighted by molar-refractivity contribution is -0.605. The summed E-state index contributed by atoms with van der Waals surface area (Å²) in [5.74, 6) is 0.776. The number of piperidine rings is 3. The predicted molar refractivity (Wildman–Crippen MR) is 173 cm³/mol. The number of aromatic amines is 1. The number of carbonyl (C=O) groups is 2. The minimum absolute atomic E-state index is 0.0692. The Hall–Kier alpha value is -4.66. The number of hydrogen-bond donors (Lipinski definition) is 1. The Bertz CT molecular complexity index is 1730. The quantitative estimate of drug-likeness (QED) is 0.133. The summed E-state index contributed by atoms with van der Waals surface area (Å²) in [6.07, 6.45) is 2.80. The van der Waals surface area contributed by atoms with Crippen LogP contribution in [0.25, 0.3) is 0 Å². The zero-order chi connectivity index (χ0) is 33.8. The molecule has 16 heteroatoms. The second kappa shape index (κ2) is 14.6. The fraction of sp³-hybridized carbons (Fsp3) is 0.375.